The summed E-state index contributed by atoms with van der Waals surface area (Å²) in [6, 6.07) is 10.9. The van der Waals surface area contributed by atoms with Gasteiger partial charge in [-0.3, -0.25) is 14.4 Å². The van der Waals surface area contributed by atoms with Gasteiger partial charge in [0.25, 0.3) is 11.8 Å². The van der Waals surface area contributed by atoms with Crippen LogP contribution < -0.4 is 15.4 Å². The number of likely N-dealkylation sites (N-methyl/N-ethyl adjacent to an activating group) is 1. The van der Waals surface area contributed by atoms with Gasteiger partial charge in [-0.2, -0.15) is 13.2 Å². The zero-order chi connectivity index (χ0) is 26.7. The maximum absolute atomic E-state index is 13.3. The van der Waals surface area contributed by atoms with E-state index in [9.17, 15) is 27.6 Å². The van der Waals surface area contributed by atoms with Crippen molar-refractivity contribution in [1.82, 2.24) is 10.2 Å². The van der Waals surface area contributed by atoms with E-state index in [0.29, 0.717) is 34.9 Å². The zero-order valence-corrected chi connectivity index (χ0v) is 20.6. The molecule has 0 unspecified atom stereocenters. The summed E-state index contributed by atoms with van der Waals surface area (Å²) in [6.45, 7) is -1.33. The standard InChI is InChI=1S/C25H25ClF3N3O5/c1-32-19-8-7-15(11-22(33)30-13-25(27,28)29)37-21(19)12-36-20-9-6-14(10-17(20)24(32)35)31-23(34)16-4-2-3-5-18(16)26/h2-6,9-10,15,19,21H,7-8,11-13H2,1H3,(H,30,33)(H,31,34)/t15-,19-,21+/m0/s1. The second kappa shape index (κ2) is 11.0. The van der Waals surface area contributed by atoms with Gasteiger partial charge in [0.05, 0.1) is 34.7 Å². The highest BCUT2D eigenvalue weighted by atomic mass is 35.5. The number of anilines is 1. The number of nitrogens with zero attached hydrogens (tertiary/aromatic N) is 1. The van der Waals surface area contributed by atoms with Crippen LogP contribution in [0.4, 0.5) is 18.9 Å². The van der Waals surface area contributed by atoms with E-state index in [1.807, 2.05) is 5.32 Å². The van der Waals surface area contributed by atoms with Crippen LogP contribution >= 0.6 is 11.6 Å². The molecule has 0 spiro atoms. The lowest BCUT2D eigenvalue weighted by Crippen LogP contribution is -2.54. The molecule has 0 saturated carbocycles. The number of hydrogen-bond acceptors (Lipinski definition) is 5. The molecule has 0 aliphatic carbocycles. The first kappa shape index (κ1) is 26.7. The van der Waals surface area contributed by atoms with E-state index in [1.54, 1.807) is 43.4 Å². The number of carbonyl (C=O) groups is 3. The Morgan fingerprint density at radius 1 is 1.16 bits per heavy atom. The molecule has 2 aromatic rings. The fourth-order valence-corrected chi connectivity index (χ4v) is 4.65. The lowest BCUT2D eigenvalue weighted by Gasteiger charge is -2.42. The average molecular weight is 540 g/mol. The summed E-state index contributed by atoms with van der Waals surface area (Å²) in [7, 11) is 1.63. The Balaban J connectivity index is 1.44. The first-order valence-corrected chi connectivity index (χ1v) is 12.0. The van der Waals surface area contributed by atoms with Crippen LogP contribution in [0.25, 0.3) is 0 Å². The number of benzene rings is 2. The van der Waals surface area contributed by atoms with Crippen molar-refractivity contribution in [1.29, 1.82) is 0 Å². The van der Waals surface area contributed by atoms with E-state index in [0.717, 1.165) is 0 Å². The number of carbonyl (C=O) groups excluding carboxylic acids is 3. The molecule has 4 rings (SSSR count). The van der Waals surface area contributed by atoms with E-state index in [4.69, 9.17) is 21.1 Å². The fourth-order valence-electron chi connectivity index (χ4n) is 4.43. The van der Waals surface area contributed by atoms with Crippen molar-refractivity contribution in [3.63, 3.8) is 0 Å². The molecule has 2 aromatic carbocycles. The molecule has 0 aromatic heterocycles. The van der Waals surface area contributed by atoms with Crippen molar-refractivity contribution >= 4 is 35.0 Å². The Kier molecular flexibility index (Phi) is 7.93. The highest BCUT2D eigenvalue weighted by molar-refractivity contribution is 6.34. The van der Waals surface area contributed by atoms with Gasteiger partial charge in [0, 0.05) is 12.7 Å². The van der Waals surface area contributed by atoms with Gasteiger partial charge in [-0.15, -0.1) is 0 Å². The van der Waals surface area contributed by atoms with E-state index in [2.05, 4.69) is 5.32 Å². The Hall–Kier alpha value is -3.31. The van der Waals surface area contributed by atoms with E-state index in [-0.39, 0.29) is 30.5 Å². The lowest BCUT2D eigenvalue weighted by atomic mass is 9.94. The van der Waals surface area contributed by atoms with Gasteiger partial charge in [-0.05, 0) is 43.2 Å². The first-order valence-electron chi connectivity index (χ1n) is 11.6. The van der Waals surface area contributed by atoms with Crippen molar-refractivity contribution in [2.24, 2.45) is 0 Å². The topological polar surface area (TPSA) is 97.0 Å². The zero-order valence-electron chi connectivity index (χ0n) is 19.8. The predicted molar refractivity (Wildman–Crippen MR) is 129 cm³/mol. The van der Waals surface area contributed by atoms with Crippen LogP contribution in [-0.2, 0) is 9.53 Å². The minimum Gasteiger partial charge on any atom is -0.490 e. The summed E-state index contributed by atoms with van der Waals surface area (Å²) < 4.78 is 48.9. The molecule has 198 valence electrons. The summed E-state index contributed by atoms with van der Waals surface area (Å²) in [5.41, 5.74) is 0.932. The third kappa shape index (κ3) is 6.53. The molecule has 2 aliphatic rings. The number of amides is 3. The number of rotatable bonds is 5. The molecule has 3 amide bonds. The Morgan fingerprint density at radius 2 is 1.92 bits per heavy atom. The maximum atomic E-state index is 13.3. The molecule has 12 heteroatoms. The number of halogens is 4. The average Bonchev–Trinajstić information content (AvgIpc) is 2.85. The Morgan fingerprint density at radius 3 is 2.65 bits per heavy atom. The number of alkyl halides is 3. The monoisotopic (exact) mass is 539 g/mol. The third-order valence-electron chi connectivity index (χ3n) is 6.29. The van der Waals surface area contributed by atoms with Crippen LogP contribution in [0.2, 0.25) is 5.02 Å². The van der Waals surface area contributed by atoms with Gasteiger partial charge in [0.1, 0.15) is 25.0 Å². The smallest absolute Gasteiger partial charge is 0.405 e. The number of fused-ring (bicyclic) bond motifs is 2. The Bertz CT molecular complexity index is 1190. The van der Waals surface area contributed by atoms with Crippen LogP contribution in [-0.4, -0.2) is 67.2 Å². The van der Waals surface area contributed by atoms with E-state index < -0.39 is 36.7 Å². The molecule has 2 N–H and O–H groups in total. The number of ether oxygens (including phenoxy) is 2. The van der Waals surface area contributed by atoms with Crippen LogP contribution in [0, 0.1) is 0 Å². The molecule has 1 saturated heterocycles. The molecule has 2 aliphatic heterocycles. The van der Waals surface area contributed by atoms with Crippen LogP contribution in [0.15, 0.2) is 42.5 Å². The first-order chi connectivity index (χ1) is 17.5. The highest BCUT2D eigenvalue weighted by Gasteiger charge is 2.39. The van der Waals surface area contributed by atoms with Gasteiger partial charge in [-0.1, -0.05) is 23.7 Å². The molecular weight excluding hydrogens is 515 g/mol. The Labute approximate surface area is 216 Å². The molecule has 2 heterocycles. The maximum Gasteiger partial charge on any atom is 0.405 e. The molecule has 0 radical (unpaired) electrons. The number of nitrogens with one attached hydrogen (secondary N) is 2. The normalized spacial score (nSPS) is 21.6. The van der Waals surface area contributed by atoms with Gasteiger partial charge in [0.15, 0.2) is 0 Å². The largest absolute Gasteiger partial charge is 0.490 e. The summed E-state index contributed by atoms with van der Waals surface area (Å²) >= 11 is 6.10. The van der Waals surface area contributed by atoms with Gasteiger partial charge in [0.2, 0.25) is 5.91 Å². The second-order valence-corrected chi connectivity index (χ2v) is 9.32. The second-order valence-electron chi connectivity index (χ2n) is 8.91. The highest BCUT2D eigenvalue weighted by Crippen LogP contribution is 2.33. The molecule has 0 bridgehead atoms. The minimum absolute atomic E-state index is 0.0707. The van der Waals surface area contributed by atoms with Crippen LogP contribution in [0.1, 0.15) is 40.0 Å². The van der Waals surface area contributed by atoms with Gasteiger partial charge < -0.3 is 25.0 Å². The summed E-state index contributed by atoms with van der Waals surface area (Å²) in [4.78, 5) is 39.4. The molecule has 37 heavy (non-hydrogen) atoms. The molecular formula is C25H25ClF3N3O5. The summed E-state index contributed by atoms with van der Waals surface area (Å²) in [6.07, 6.45) is -5.01. The fraction of sp³-hybridized carbons (Fsp3) is 0.400. The molecule has 3 atom stereocenters. The van der Waals surface area contributed by atoms with Crippen molar-refractivity contribution in [3.05, 3.63) is 58.6 Å². The van der Waals surface area contributed by atoms with Crippen molar-refractivity contribution in [2.75, 3.05) is 25.5 Å². The van der Waals surface area contributed by atoms with Crippen molar-refractivity contribution in [3.8, 4) is 5.75 Å². The lowest BCUT2D eigenvalue weighted by molar-refractivity contribution is -0.144. The SMILES string of the molecule is CN1C(=O)c2cc(NC(=O)c3ccccc3Cl)ccc2OC[C@H]2O[C@H](CC(=O)NCC(F)(F)F)CC[C@@H]21. The molecule has 1 fully saturated rings. The quantitative estimate of drug-likeness (QED) is 0.598. The predicted octanol–water partition coefficient (Wildman–Crippen LogP) is 4.04. The summed E-state index contributed by atoms with van der Waals surface area (Å²) in [5, 5.41) is 4.88. The van der Waals surface area contributed by atoms with Crippen LogP contribution in [0.3, 0.4) is 0 Å². The van der Waals surface area contributed by atoms with E-state index in [1.165, 1.54) is 11.0 Å². The molecule has 8 nitrogen and oxygen atoms in total. The number of hydrogen-bond donors (Lipinski definition) is 2. The summed E-state index contributed by atoms with van der Waals surface area (Å²) in [5.74, 6) is -1.24. The minimum atomic E-state index is -4.49. The van der Waals surface area contributed by atoms with Crippen molar-refractivity contribution < 1.29 is 37.0 Å². The van der Waals surface area contributed by atoms with Crippen molar-refractivity contribution in [2.45, 2.75) is 43.7 Å². The van der Waals surface area contributed by atoms with Crippen LogP contribution in [0.5, 0.6) is 5.75 Å². The van der Waals surface area contributed by atoms with Gasteiger partial charge >= 0.3 is 6.18 Å². The van der Waals surface area contributed by atoms with Gasteiger partial charge in [-0.25, -0.2) is 0 Å². The third-order valence-corrected chi connectivity index (χ3v) is 6.62. The van der Waals surface area contributed by atoms with E-state index >= 15 is 0 Å².